The lowest BCUT2D eigenvalue weighted by Crippen LogP contribution is -2.14. The number of hydrogen-bond donors (Lipinski definition) is 1. The average Bonchev–Trinajstić information content (AvgIpc) is 2.43. The zero-order chi connectivity index (χ0) is 15.7. The van der Waals surface area contributed by atoms with Crippen LogP contribution >= 0.6 is 0 Å². The summed E-state index contributed by atoms with van der Waals surface area (Å²) >= 11 is 0. The third kappa shape index (κ3) is 7.34. The van der Waals surface area contributed by atoms with Crippen molar-refractivity contribution in [3.8, 4) is 11.5 Å². The van der Waals surface area contributed by atoms with E-state index >= 15 is 0 Å². The first-order chi connectivity index (χ1) is 9.96. The molecule has 0 amide bonds. The minimum atomic E-state index is -2.94. The van der Waals surface area contributed by atoms with Gasteiger partial charge < -0.3 is 14.8 Å². The van der Waals surface area contributed by atoms with Crippen LogP contribution in [0.15, 0.2) is 18.2 Å². The standard InChI is InChI=1S/C15H25NO4S/c1-4-8-16-12-13-6-7-14(19-2)15(11-13)20-9-5-10-21(3,17)18/h6-7,11,16H,4-5,8-10,12H2,1-3H3. The van der Waals surface area contributed by atoms with E-state index in [0.717, 1.165) is 25.1 Å². The quantitative estimate of drug-likeness (QED) is 0.669. The maximum Gasteiger partial charge on any atom is 0.161 e. The van der Waals surface area contributed by atoms with Gasteiger partial charge in [-0.3, -0.25) is 0 Å². The van der Waals surface area contributed by atoms with Gasteiger partial charge in [0.2, 0.25) is 0 Å². The Morgan fingerprint density at radius 2 is 2.00 bits per heavy atom. The van der Waals surface area contributed by atoms with Crippen molar-refractivity contribution in [3.63, 3.8) is 0 Å². The third-order valence-corrected chi connectivity index (χ3v) is 3.93. The first-order valence-electron chi connectivity index (χ1n) is 7.14. The van der Waals surface area contributed by atoms with Crippen molar-refractivity contribution in [2.24, 2.45) is 0 Å². The Morgan fingerprint density at radius 3 is 2.62 bits per heavy atom. The van der Waals surface area contributed by atoms with Gasteiger partial charge in [0, 0.05) is 12.8 Å². The topological polar surface area (TPSA) is 64.6 Å². The number of nitrogens with one attached hydrogen (secondary N) is 1. The van der Waals surface area contributed by atoms with Crippen LogP contribution in [0.5, 0.6) is 11.5 Å². The van der Waals surface area contributed by atoms with Gasteiger partial charge in [0.05, 0.1) is 19.5 Å². The van der Waals surface area contributed by atoms with Crippen molar-refractivity contribution < 1.29 is 17.9 Å². The molecule has 0 unspecified atom stereocenters. The van der Waals surface area contributed by atoms with Crippen LogP contribution in [0, 0.1) is 0 Å². The van der Waals surface area contributed by atoms with Crippen LogP contribution in [0.2, 0.25) is 0 Å². The highest BCUT2D eigenvalue weighted by atomic mass is 32.2. The summed E-state index contributed by atoms with van der Waals surface area (Å²) in [6.07, 6.45) is 2.79. The number of benzene rings is 1. The lowest BCUT2D eigenvalue weighted by atomic mass is 10.2. The summed E-state index contributed by atoms with van der Waals surface area (Å²) in [6, 6.07) is 5.79. The Bertz CT molecular complexity index is 528. The Kier molecular flexibility index (Phi) is 7.53. The summed E-state index contributed by atoms with van der Waals surface area (Å²) < 4.78 is 33.1. The zero-order valence-corrected chi connectivity index (χ0v) is 13.8. The van der Waals surface area contributed by atoms with Gasteiger partial charge in [0.1, 0.15) is 9.84 Å². The monoisotopic (exact) mass is 315 g/mol. The molecule has 5 nitrogen and oxygen atoms in total. The highest BCUT2D eigenvalue weighted by Gasteiger charge is 2.07. The predicted molar refractivity (Wildman–Crippen MR) is 84.8 cm³/mol. The van der Waals surface area contributed by atoms with Gasteiger partial charge in [-0.2, -0.15) is 0 Å². The molecule has 1 rings (SSSR count). The van der Waals surface area contributed by atoms with Gasteiger partial charge in [-0.15, -0.1) is 0 Å². The molecule has 0 radical (unpaired) electrons. The third-order valence-electron chi connectivity index (χ3n) is 2.90. The minimum absolute atomic E-state index is 0.132. The van der Waals surface area contributed by atoms with Gasteiger partial charge in [-0.1, -0.05) is 13.0 Å². The largest absolute Gasteiger partial charge is 0.493 e. The molecule has 0 saturated carbocycles. The maximum absolute atomic E-state index is 11.1. The normalized spacial score (nSPS) is 11.4. The van der Waals surface area contributed by atoms with E-state index in [0.29, 0.717) is 24.5 Å². The van der Waals surface area contributed by atoms with E-state index in [1.807, 2.05) is 18.2 Å². The van der Waals surface area contributed by atoms with Crippen molar-refractivity contribution >= 4 is 9.84 Å². The second kappa shape index (κ2) is 8.89. The van der Waals surface area contributed by atoms with Gasteiger partial charge in [-0.05, 0) is 37.1 Å². The predicted octanol–water partition coefficient (Wildman–Crippen LogP) is 2.01. The molecule has 0 aliphatic rings. The first kappa shape index (κ1) is 17.8. The lowest BCUT2D eigenvalue weighted by molar-refractivity contribution is 0.294. The average molecular weight is 315 g/mol. The molecule has 0 heterocycles. The molecule has 1 N–H and O–H groups in total. The van der Waals surface area contributed by atoms with E-state index in [2.05, 4.69) is 12.2 Å². The maximum atomic E-state index is 11.1. The molecule has 0 aliphatic carbocycles. The van der Waals surface area contributed by atoms with Crippen molar-refractivity contribution in [2.75, 3.05) is 32.3 Å². The molecule has 1 aromatic rings. The van der Waals surface area contributed by atoms with E-state index in [9.17, 15) is 8.42 Å². The molecular weight excluding hydrogens is 290 g/mol. The van der Waals surface area contributed by atoms with Crippen molar-refractivity contribution in [1.29, 1.82) is 0 Å². The molecule has 21 heavy (non-hydrogen) atoms. The van der Waals surface area contributed by atoms with E-state index in [1.54, 1.807) is 7.11 Å². The van der Waals surface area contributed by atoms with Crippen molar-refractivity contribution in [1.82, 2.24) is 5.32 Å². The van der Waals surface area contributed by atoms with Gasteiger partial charge in [-0.25, -0.2) is 8.42 Å². The molecule has 0 aromatic heterocycles. The van der Waals surface area contributed by atoms with Crippen LogP contribution in [0.3, 0.4) is 0 Å². The van der Waals surface area contributed by atoms with E-state index in [1.165, 1.54) is 6.26 Å². The number of rotatable bonds is 10. The molecule has 0 saturated heterocycles. The van der Waals surface area contributed by atoms with Crippen LogP contribution in [0.4, 0.5) is 0 Å². The van der Waals surface area contributed by atoms with Crippen LogP contribution in [0.1, 0.15) is 25.3 Å². The molecule has 120 valence electrons. The van der Waals surface area contributed by atoms with E-state index in [4.69, 9.17) is 9.47 Å². The van der Waals surface area contributed by atoms with Crippen LogP contribution in [0.25, 0.3) is 0 Å². The highest BCUT2D eigenvalue weighted by molar-refractivity contribution is 7.90. The Hall–Kier alpha value is -1.27. The van der Waals surface area contributed by atoms with Crippen LogP contribution in [-0.2, 0) is 16.4 Å². The molecule has 0 aliphatic heterocycles. The van der Waals surface area contributed by atoms with Gasteiger partial charge in [0.25, 0.3) is 0 Å². The number of methoxy groups -OCH3 is 1. The van der Waals surface area contributed by atoms with Crippen LogP contribution in [-0.4, -0.2) is 40.7 Å². The van der Waals surface area contributed by atoms with Gasteiger partial charge in [0.15, 0.2) is 11.5 Å². The molecule has 0 spiro atoms. The number of hydrogen-bond acceptors (Lipinski definition) is 5. The molecule has 6 heteroatoms. The van der Waals surface area contributed by atoms with E-state index < -0.39 is 9.84 Å². The Balaban J connectivity index is 2.58. The first-order valence-corrected chi connectivity index (χ1v) is 9.20. The highest BCUT2D eigenvalue weighted by Crippen LogP contribution is 2.28. The summed E-state index contributed by atoms with van der Waals surface area (Å²) in [5.41, 5.74) is 1.11. The zero-order valence-electron chi connectivity index (χ0n) is 13.0. The Morgan fingerprint density at radius 1 is 1.24 bits per heavy atom. The number of sulfone groups is 1. The van der Waals surface area contributed by atoms with Gasteiger partial charge >= 0.3 is 0 Å². The summed E-state index contributed by atoms with van der Waals surface area (Å²) in [5.74, 6) is 1.45. The molecule has 0 fully saturated rings. The minimum Gasteiger partial charge on any atom is -0.493 e. The summed E-state index contributed by atoms with van der Waals surface area (Å²) in [7, 11) is -1.35. The molecule has 0 bridgehead atoms. The fourth-order valence-electron chi connectivity index (χ4n) is 1.86. The lowest BCUT2D eigenvalue weighted by Gasteiger charge is -2.12. The summed E-state index contributed by atoms with van der Waals surface area (Å²) in [5, 5.41) is 3.33. The smallest absolute Gasteiger partial charge is 0.161 e. The summed E-state index contributed by atoms with van der Waals surface area (Å²) in [6.45, 7) is 4.22. The van der Waals surface area contributed by atoms with Crippen molar-refractivity contribution in [3.05, 3.63) is 23.8 Å². The second-order valence-corrected chi connectivity index (χ2v) is 7.25. The number of ether oxygens (including phenoxy) is 2. The van der Waals surface area contributed by atoms with E-state index in [-0.39, 0.29) is 5.75 Å². The Labute approximate surface area is 127 Å². The SMILES string of the molecule is CCCNCc1ccc(OC)c(OCCCS(C)(=O)=O)c1. The second-order valence-electron chi connectivity index (χ2n) is 4.99. The molecule has 0 atom stereocenters. The summed E-state index contributed by atoms with van der Waals surface area (Å²) in [4.78, 5) is 0. The fourth-order valence-corrected chi connectivity index (χ4v) is 2.50. The van der Waals surface area contributed by atoms with Crippen molar-refractivity contribution in [2.45, 2.75) is 26.3 Å². The van der Waals surface area contributed by atoms with Crippen LogP contribution < -0.4 is 14.8 Å². The molecular formula is C15H25NO4S. The molecule has 1 aromatic carbocycles. The fraction of sp³-hybridized carbons (Fsp3) is 0.600.